The van der Waals surface area contributed by atoms with Gasteiger partial charge < -0.3 is 15.1 Å². The van der Waals surface area contributed by atoms with Crippen LogP contribution in [-0.2, 0) is 11.2 Å². The van der Waals surface area contributed by atoms with Gasteiger partial charge in [0.05, 0.1) is 12.3 Å². The van der Waals surface area contributed by atoms with Gasteiger partial charge in [-0.25, -0.2) is 0 Å². The molecule has 2 atom stereocenters. The van der Waals surface area contributed by atoms with Crippen LogP contribution in [-0.4, -0.2) is 17.9 Å². The summed E-state index contributed by atoms with van der Waals surface area (Å²) in [4.78, 5) is 25.3. The van der Waals surface area contributed by atoms with E-state index in [1.165, 1.54) is 6.26 Å². The number of furan rings is 1. The number of nitrogens with one attached hydrogen (secondary N) is 2. The van der Waals surface area contributed by atoms with Crippen LogP contribution in [0.4, 0.5) is 0 Å². The summed E-state index contributed by atoms with van der Waals surface area (Å²) in [6.07, 6.45) is 1.79. The number of benzene rings is 2. The second kappa shape index (κ2) is 9.24. The first-order valence-electron chi connectivity index (χ1n) is 8.97. The Labute approximate surface area is 168 Å². The number of halogens is 1. The van der Waals surface area contributed by atoms with E-state index in [-0.39, 0.29) is 17.7 Å². The monoisotopic (exact) mass is 396 g/mol. The second-order valence-corrected chi connectivity index (χ2v) is 6.91. The Hall–Kier alpha value is -3.05. The van der Waals surface area contributed by atoms with Crippen molar-refractivity contribution in [1.82, 2.24) is 10.6 Å². The molecular formula is C22H21ClN2O3. The van der Waals surface area contributed by atoms with Gasteiger partial charge in [0.2, 0.25) is 5.91 Å². The summed E-state index contributed by atoms with van der Waals surface area (Å²) in [5.74, 6) is -0.539. The van der Waals surface area contributed by atoms with Gasteiger partial charge in [-0.05, 0) is 42.3 Å². The minimum absolute atomic E-state index is 0.164. The zero-order valence-electron chi connectivity index (χ0n) is 15.4. The Kier molecular flexibility index (Phi) is 6.50. The molecule has 1 heterocycles. The quantitative estimate of drug-likeness (QED) is 0.630. The molecule has 1 aromatic heterocycles. The number of hydrogen-bond acceptors (Lipinski definition) is 3. The van der Waals surface area contributed by atoms with Crippen LogP contribution in [0.15, 0.2) is 77.4 Å². The third-order valence-corrected chi connectivity index (χ3v) is 4.63. The summed E-state index contributed by atoms with van der Waals surface area (Å²) in [5, 5.41) is 6.36. The van der Waals surface area contributed by atoms with Crippen LogP contribution in [0.2, 0.25) is 5.02 Å². The maximum Gasteiger partial charge on any atom is 0.287 e. The third kappa shape index (κ3) is 5.24. The van der Waals surface area contributed by atoms with Gasteiger partial charge in [0.25, 0.3) is 5.91 Å². The summed E-state index contributed by atoms with van der Waals surface area (Å²) < 4.78 is 5.13. The van der Waals surface area contributed by atoms with E-state index in [9.17, 15) is 9.59 Å². The highest BCUT2D eigenvalue weighted by atomic mass is 35.5. The first-order chi connectivity index (χ1) is 13.5. The fourth-order valence-corrected chi connectivity index (χ4v) is 2.97. The van der Waals surface area contributed by atoms with Crippen LogP contribution in [0.5, 0.6) is 0 Å². The van der Waals surface area contributed by atoms with Crippen LogP contribution in [0.3, 0.4) is 0 Å². The van der Waals surface area contributed by atoms with Crippen LogP contribution < -0.4 is 10.6 Å². The molecule has 0 saturated carbocycles. The normalized spacial score (nSPS) is 12.8. The number of hydrogen-bond donors (Lipinski definition) is 2. The molecule has 5 nitrogen and oxygen atoms in total. The van der Waals surface area contributed by atoms with Crippen LogP contribution in [0.25, 0.3) is 0 Å². The smallest absolute Gasteiger partial charge is 0.287 e. The van der Waals surface area contributed by atoms with Crippen LogP contribution in [0.1, 0.15) is 34.6 Å². The molecule has 144 valence electrons. The first-order valence-corrected chi connectivity index (χ1v) is 9.35. The van der Waals surface area contributed by atoms with Gasteiger partial charge in [0, 0.05) is 11.4 Å². The molecule has 0 aliphatic heterocycles. The topological polar surface area (TPSA) is 71.3 Å². The lowest BCUT2D eigenvalue weighted by Crippen LogP contribution is -2.48. The highest BCUT2D eigenvalue weighted by Crippen LogP contribution is 2.16. The molecule has 0 saturated heterocycles. The van der Waals surface area contributed by atoms with Crippen molar-refractivity contribution >= 4 is 23.4 Å². The summed E-state index contributed by atoms with van der Waals surface area (Å²) in [6, 6.07) is 19.0. The summed E-state index contributed by atoms with van der Waals surface area (Å²) in [5.41, 5.74) is 1.87. The van der Waals surface area contributed by atoms with Gasteiger partial charge >= 0.3 is 0 Å². The predicted octanol–water partition coefficient (Wildman–Crippen LogP) is 4.15. The molecule has 6 heteroatoms. The minimum atomic E-state index is -0.741. The molecule has 0 aliphatic rings. The molecule has 3 rings (SSSR count). The van der Waals surface area contributed by atoms with Crippen LogP contribution >= 0.6 is 11.6 Å². The molecular weight excluding hydrogens is 376 g/mol. The van der Waals surface area contributed by atoms with Crippen molar-refractivity contribution in [1.29, 1.82) is 0 Å². The number of amides is 2. The highest BCUT2D eigenvalue weighted by Gasteiger charge is 2.24. The molecule has 0 fully saturated rings. The number of carbonyl (C=O) groups excluding carboxylic acids is 2. The molecule has 3 aromatic rings. The fourth-order valence-electron chi connectivity index (χ4n) is 2.84. The molecule has 0 bridgehead atoms. The van der Waals surface area contributed by atoms with Crippen molar-refractivity contribution in [3.8, 4) is 0 Å². The molecule has 0 radical (unpaired) electrons. The van der Waals surface area contributed by atoms with Crippen molar-refractivity contribution in [3.63, 3.8) is 0 Å². The first kappa shape index (κ1) is 19.7. The van der Waals surface area contributed by atoms with E-state index >= 15 is 0 Å². The van der Waals surface area contributed by atoms with Crippen molar-refractivity contribution in [3.05, 3.63) is 94.9 Å². The van der Waals surface area contributed by atoms with Crippen molar-refractivity contribution in [2.24, 2.45) is 0 Å². The second-order valence-electron chi connectivity index (χ2n) is 6.47. The Balaban J connectivity index is 1.73. The minimum Gasteiger partial charge on any atom is -0.459 e. The van der Waals surface area contributed by atoms with E-state index < -0.39 is 11.9 Å². The van der Waals surface area contributed by atoms with E-state index in [0.29, 0.717) is 11.4 Å². The average molecular weight is 397 g/mol. The van der Waals surface area contributed by atoms with Gasteiger partial charge in [-0.1, -0.05) is 54.1 Å². The summed E-state index contributed by atoms with van der Waals surface area (Å²) >= 11 is 5.93. The zero-order chi connectivity index (χ0) is 19.9. The largest absolute Gasteiger partial charge is 0.459 e. The standard InChI is InChI=1S/C22H21ClN2O3/c1-15(17-9-11-18(23)12-10-17)24-21(26)19(14-16-6-3-2-4-7-16)25-22(27)20-8-5-13-28-20/h2-13,15,19H,14H2,1H3,(H,24,26)(H,25,27). The van der Waals surface area contributed by atoms with Gasteiger partial charge in [0.15, 0.2) is 5.76 Å². The lowest BCUT2D eigenvalue weighted by molar-refractivity contribution is -0.123. The van der Waals surface area contributed by atoms with E-state index in [1.807, 2.05) is 49.4 Å². The maximum absolute atomic E-state index is 12.9. The lowest BCUT2D eigenvalue weighted by atomic mass is 10.0. The third-order valence-electron chi connectivity index (χ3n) is 4.38. The van der Waals surface area contributed by atoms with Gasteiger partial charge in [-0.2, -0.15) is 0 Å². The molecule has 2 amide bonds. The Morgan fingerprint density at radius 1 is 0.964 bits per heavy atom. The molecule has 0 aliphatic carbocycles. The Bertz CT molecular complexity index is 909. The summed E-state index contributed by atoms with van der Waals surface area (Å²) in [7, 11) is 0. The van der Waals surface area contributed by atoms with E-state index in [2.05, 4.69) is 10.6 Å². The van der Waals surface area contributed by atoms with Crippen molar-refractivity contribution in [2.75, 3.05) is 0 Å². The van der Waals surface area contributed by atoms with Gasteiger partial charge in [-0.3, -0.25) is 9.59 Å². The Morgan fingerprint density at radius 2 is 1.68 bits per heavy atom. The zero-order valence-corrected chi connectivity index (χ0v) is 16.1. The van der Waals surface area contributed by atoms with E-state index in [4.69, 9.17) is 16.0 Å². The molecule has 2 unspecified atom stereocenters. The van der Waals surface area contributed by atoms with E-state index in [0.717, 1.165) is 11.1 Å². The molecule has 28 heavy (non-hydrogen) atoms. The fraction of sp³-hybridized carbons (Fsp3) is 0.182. The molecule has 2 aromatic carbocycles. The van der Waals surface area contributed by atoms with Gasteiger partial charge in [-0.15, -0.1) is 0 Å². The van der Waals surface area contributed by atoms with Crippen LogP contribution in [0, 0.1) is 0 Å². The summed E-state index contributed by atoms with van der Waals surface area (Å²) in [6.45, 7) is 1.88. The molecule has 2 N–H and O–H groups in total. The Morgan fingerprint density at radius 3 is 2.32 bits per heavy atom. The maximum atomic E-state index is 12.9. The number of rotatable bonds is 7. The van der Waals surface area contributed by atoms with Crippen molar-refractivity contribution < 1.29 is 14.0 Å². The van der Waals surface area contributed by atoms with E-state index in [1.54, 1.807) is 24.3 Å². The predicted molar refractivity (Wildman–Crippen MR) is 108 cm³/mol. The van der Waals surface area contributed by atoms with Crippen molar-refractivity contribution in [2.45, 2.75) is 25.4 Å². The average Bonchev–Trinajstić information content (AvgIpc) is 3.23. The highest BCUT2D eigenvalue weighted by molar-refractivity contribution is 6.30. The number of carbonyl (C=O) groups is 2. The SMILES string of the molecule is CC(NC(=O)C(Cc1ccccc1)NC(=O)c1ccco1)c1ccc(Cl)cc1. The lowest BCUT2D eigenvalue weighted by Gasteiger charge is -2.21. The molecule has 0 spiro atoms. The van der Waals surface area contributed by atoms with Gasteiger partial charge in [0.1, 0.15) is 6.04 Å².